The Labute approximate surface area is 135 Å². The van der Waals surface area contributed by atoms with Crippen molar-refractivity contribution in [2.45, 2.75) is 51.2 Å². The van der Waals surface area contributed by atoms with Gasteiger partial charge < -0.3 is 14.4 Å². The topological polar surface area (TPSA) is 51.7 Å². The molecule has 0 bridgehead atoms. The Balaban J connectivity index is 1.64. The fourth-order valence-corrected chi connectivity index (χ4v) is 3.17. The molecule has 0 N–H and O–H groups in total. The molecule has 1 saturated heterocycles. The first-order valence-electron chi connectivity index (χ1n) is 7.58. The number of carbonyl (C=O) groups is 1. The molecular weight excluding hydrogens is 304 g/mol. The molecule has 0 atom stereocenters. The highest BCUT2D eigenvalue weighted by Gasteiger charge is 2.44. The Bertz CT molecular complexity index is 590. The molecule has 22 heavy (non-hydrogen) atoms. The number of ether oxygens (including phenoxy) is 2. The summed E-state index contributed by atoms with van der Waals surface area (Å²) in [4.78, 5) is 18.1. The molecule has 0 unspecified atom stereocenters. The van der Waals surface area contributed by atoms with Crippen molar-refractivity contribution in [2.24, 2.45) is 0 Å². The van der Waals surface area contributed by atoms with E-state index in [-0.39, 0.29) is 11.7 Å². The minimum Gasteiger partial charge on any atom is -0.470 e. The van der Waals surface area contributed by atoms with Gasteiger partial charge in [0.25, 0.3) is 0 Å². The van der Waals surface area contributed by atoms with E-state index in [0.717, 1.165) is 24.8 Å². The number of nitrogens with zero attached hydrogens (tertiary/aromatic N) is 2. The summed E-state index contributed by atoms with van der Waals surface area (Å²) in [5, 5.41) is 0.705. The van der Waals surface area contributed by atoms with Crippen LogP contribution in [0.25, 0.3) is 0 Å². The van der Waals surface area contributed by atoms with E-state index in [1.807, 2.05) is 20.8 Å². The molecule has 2 aliphatic heterocycles. The quantitative estimate of drug-likeness (QED) is 0.733. The van der Waals surface area contributed by atoms with Crippen LogP contribution in [0.1, 0.15) is 39.2 Å². The first-order chi connectivity index (χ1) is 10.3. The third-order valence-corrected chi connectivity index (χ3v) is 4.45. The maximum atomic E-state index is 12.1. The third-order valence-electron chi connectivity index (χ3n) is 4.10. The van der Waals surface area contributed by atoms with E-state index >= 15 is 0 Å². The standard InChI is InChI=1S/C16H21ClN2O3/c1-15(2,3)22-14(20)19-8-5-16(6-9-19)10-11-12(17)4-7-18-13(11)21-16/h4,7H,5-6,8-10H2,1-3H3. The summed E-state index contributed by atoms with van der Waals surface area (Å²) >= 11 is 6.22. The maximum Gasteiger partial charge on any atom is 0.410 e. The van der Waals surface area contributed by atoms with Gasteiger partial charge in [0.15, 0.2) is 0 Å². The second-order valence-electron chi connectivity index (χ2n) is 7.01. The minimum atomic E-state index is -0.468. The smallest absolute Gasteiger partial charge is 0.410 e. The SMILES string of the molecule is CC(C)(C)OC(=O)N1CCC2(CC1)Cc1c(Cl)ccnc1O2. The van der Waals surface area contributed by atoms with E-state index in [2.05, 4.69) is 4.98 Å². The van der Waals surface area contributed by atoms with Gasteiger partial charge in [0.05, 0.1) is 5.02 Å². The molecule has 2 aliphatic rings. The number of carbonyl (C=O) groups excluding carboxylic acids is 1. The summed E-state index contributed by atoms with van der Waals surface area (Å²) in [6.07, 6.45) is 3.69. The normalized spacial score (nSPS) is 19.7. The Morgan fingerprint density at radius 1 is 1.41 bits per heavy atom. The van der Waals surface area contributed by atoms with Crippen molar-refractivity contribution < 1.29 is 14.3 Å². The largest absolute Gasteiger partial charge is 0.470 e. The van der Waals surface area contributed by atoms with Crippen molar-refractivity contribution >= 4 is 17.7 Å². The molecule has 0 radical (unpaired) electrons. The summed E-state index contributed by atoms with van der Waals surface area (Å²) in [5.74, 6) is 0.637. The number of rotatable bonds is 0. The number of halogens is 1. The van der Waals surface area contributed by atoms with Crippen molar-refractivity contribution in [3.63, 3.8) is 0 Å². The summed E-state index contributed by atoms with van der Waals surface area (Å²) in [5.41, 5.74) is 0.234. The molecule has 3 heterocycles. The predicted octanol–water partition coefficient (Wildman–Crippen LogP) is 3.44. The molecule has 120 valence electrons. The van der Waals surface area contributed by atoms with E-state index in [9.17, 15) is 4.79 Å². The Kier molecular flexibility index (Phi) is 3.71. The average Bonchev–Trinajstić information content (AvgIpc) is 2.77. The molecule has 6 heteroatoms. The lowest BCUT2D eigenvalue weighted by Crippen LogP contribution is -2.50. The van der Waals surface area contributed by atoms with E-state index in [4.69, 9.17) is 21.1 Å². The van der Waals surface area contributed by atoms with Crippen molar-refractivity contribution in [1.29, 1.82) is 0 Å². The van der Waals surface area contributed by atoms with Gasteiger partial charge in [0.1, 0.15) is 11.2 Å². The van der Waals surface area contributed by atoms with Crippen LogP contribution in [-0.2, 0) is 11.2 Å². The lowest BCUT2D eigenvalue weighted by atomic mass is 9.87. The zero-order valence-electron chi connectivity index (χ0n) is 13.2. The highest BCUT2D eigenvalue weighted by atomic mass is 35.5. The summed E-state index contributed by atoms with van der Waals surface area (Å²) in [6.45, 7) is 6.88. The van der Waals surface area contributed by atoms with E-state index < -0.39 is 5.60 Å². The minimum absolute atomic E-state index is 0.256. The third kappa shape index (κ3) is 3.00. The molecule has 3 rings (SSSR count). The van der Waals surface area contributed by atoms with Crippen LogP contribution >= 0.6 is 11.6 Å². The number of hydrogen-bond acceptors (Lipinski definition) is 4. The Morgan fingerprint density at radius 3 is 2.68 bits per heavy atom. The van der Waals surface area contributed by atoms with Crippen molar-refractivity contribution in [3.8, 4) is 5.88 Å². The van der Waals surface area contributed by atoms with Crippen molar-refractivity contribution in [1.82, 2.24) is 9.88 Å². The van der Waals surface area contributed by atoms with Crippen LogP contribution in [0.3, 0.4) is 0 Å². The molecule has 1 fully saturated rings. The fraction of sp³-hybridized carbons (Fsp3) is 0.625. The van der Waals surface area contributed by atoms with Crippen LogP contribution in [0.5, 0.6) is 5.88 Å². The average molecular weight is 325 g/mol. The molecule has 1 aromatic rings. The number of fused-ring (bicyclic) bond motifs is 1. The van der Waals surface area contributed by atoms with Gasteiger partial charge in [-0.15, -0.1) is 0 Å². The van der Waals surface area contributed by atoms with Gasteiger partial charge in [0, 0.05) is 44.1 Å². The monoisotopic (exact) mass is 324 g/mol. The van der Waals surface area contributed by atoms with Gasteiger partial charge in [-0.2, -0.15) is 0 Å². The zero-order chi connectivity index (χ0) is 16.0. The van der Waals surface area contributed by atoms with Crippen LogP contribution in [0, 0.1) is 0 Å². The second kappa shape index (κ2) is 5.30. The highest BCUT2D eigenvalue weighted by Crippen LogP contribution is 2.42. The van der Waals surface area contributed by atoms with E-state index in [0.29, 0.717) is 24.0 Å². The molecule has 1 spiro atoms. The molecular formula is C16H21ClN2O3. The van der Waals surface area contributed by atoms with Crippen LogP contribution in [-0.4, -0.2) is 40.3 Å². The summed E-state index contributed by atoms with van der Waals surface area (Å²) < 4.78 is 11.5. The number of hydrogen-bond donors (Lipinski definition) is 0. The van der Waals surface area contributed by atoms with Crippen molar-refractivity contribution in [3.05, 3.63) is 22.8 Å². The predicted molar refractivity (Wildman–Crippen MR) is 83.4 cm³/mol. The first kappa shape index (κ1) is 15.4. The summed E-state index contributed by atoms with van der Waals surface area (Å²) in [6, 6.07) is 1.79. The number of likely N-dealkylation sites (tertiary alicyclic amines) is 1. The number of aromatic nitrogens is 1. The second-order valence-corrected chi connectivity index (χ2v) is 7.41. The van der Waals surface area contributed by atoms with E-state index in [1.165, 1.54) is 0 Å². The molecule has 0 saturated carbocycles. The van der Waals surface area contributed by atoms with E-state index in [1.54, 1.807) is 17.2 Å². The van der Waals surface area contributed by atoms with Gasteiger partial charge in [-0.3, -0.25) is 0 Å². The van der Waals surface area contributed by atoms with Gasteiger partial charge in [0.2, 0.25) is 5.88 Å². The number of piperidine rings is 1. The van der Waals surface area contributed by atoms with Gasteiger partial charge >= 0.3 is 6.09 Å². The number of pyridine rings is 1. The highest BCUT2D eigenvalue weighted by molar-refractivity contribution is 6.31. The van der Waals surface area contributed by atoms with Crippen LogP contribution in [0.4, 0.5) is 4.79 Å². The molecule has 0 aliphatic carbocycles. The van der Waals surface area contributed by atoms with Gasteiger partial charge in [-0.1, -0.05) is 11.6 Å². The Hall–Kier alpha value is -1.49. The van der Waals surface area contributed by atoms with Gasteiger partial charge in [-0.05, 0) is 26.8 Å². The number of amides is 1. The maximum absolute atomic E-state index is 12.1. The van der Waals surface area contributed by atoms with Gasteiger partial charge in [-0.25, -0.2) is 9.78 Å². The lowest BCUT2D eigenvalue weighted by molar-refractivity contribution is -0.00996. The van der Waals surface area contributed by atoms with Crippen LogP contribution < -0.4 is 4.74 Å². The summed E-state index contributed by atoms with van der Waals surface area (Å²) in [7, 11) is 0. The first-order valence-corrected chi connectivity index (χ1v) is 7.96. The molecule has 0 aromatic carbocycles. The Morgan fingerprint density at radius 2 is 2.09 bits per heavy atom. The van der Waals surface area contributed by atoms with Crippen LogP contribution in [0.15, 0.2) is 12.3 Å². The molecule has 1 amide bonds. The molecule has 5 nitrogen and oxygen atoms in total. The van der Waals surface area contributed by atoms with Crippen LogP contribution in [0.2, 0.25) is 5.02 Å². The fourth-order valence-electron chi connectivity index (χ4n) is 2.96. The van der Waals surface area contributed by atoms with Crippen molar-refractivity contribution in [2.75, 3.05) is 13.1 Å². The lowest BCUT2D eigenvalue weighted by Gasteiger charge is -2.38. The molecule has 1 aromatic heterocycles. The zero-order valence-corrected chi connectivity index (χ0v) is 13.9.